The van der Waals surface area contributed by atoms with E-state index in [1.165, 1.54) is 61.1 Å². The predicted octanol–water partition coefficient (Wildman–Crippen LogP) is 9.57. The summed E-state index contributed by atoms with van der Waals surface area (Å²) in [5.41, 5.74) is 13.7. The van der Waals surface area contributed by atoms with E-state index in [0.717, 1.165) is 43.4 Å². The zero-order valence-electron chi connectivity index (χ0n) is 26.5. The fourth-order valence-corrected chi connectivity index (χ4v) is 8.44. The smallest absolute Gasteiger partial charge is 0.216 e. The predicted molar refractivity (Wildman–Crippen MR) is 186 cm³/mol. The van der Waals surface area contributed by atoms with E-state index in [2.05, 4.69) is 151 Å². The molecule has 7 aromatic rings. The molecule has 3 heteroatoms. The van der Waals surface area contributed by atoms with Crippen LogP contribution in [0.15, 0.2) is 132 Å². The van der Waals surface area contributed by atoms with Gasteiger partial charge in [-0.25, -0.2) is 0 Å². The summed E-state index contributed by atoms with van der Waals surface area (Å²) in [5.74, 6) is 0.351. The summed E-state index contributed by atoms with van der Waals surface area (Å²) in [6.07, 6.45) is 8.63. The molecule has 0 amide bonds. The van der Waals surface area contributed by atoms with Crippen LogP contribution in [0.2, 0.25) is 0 Å². The summed E-state index contributed by atoms with van der Waals surface area (Å²) in [6, 6.07) is 42.7. The van der Waals surface area contributed by atoms with Crippen LogP contribution in [0, 0.1) is 0 Å². The molecular weight excluding hydrogens is 560 g/mol. The van der Waals surface area contributed by atoms with Gasteiger partial charge in [-0.1, -0.05) is 73.7 Å². The van der Waals surface area contributed by atoms with Gasteiger partial charge in [0.1, 0.15) is 11.2 Å². The van der Waals surface area contributed by atoms with Crippen LogP contribution in [0.5, 0.6) is 0 Å². The van der Waals surface area contributed by atoms with Gasteiger partial charge in [0, 0.05) is 42.0 Å². The molecule has 0 saturated heterocycles. The highest BCUT2D eigenvalue weighted by Crippen LogP contribution is 2.48. The lowest BCUT2D eigenvalue weighted by Gasteiger charge is -2.39. The molecule has 224 valence electrons. The number of aryl methyl sites for hydroxylation is 3. The van der Waals surface area contributed by atoms with Gasteiger partial charge in [-0.05, 0) is 71.3 Å². The Morgan fingerprint density at radius 2 is 1.57 bits per heavy atom. The molecule has 2 aliphatic rings. The fraction of sp³-hybridized carbons (Fsp3) is 0.209. The highest BCUT2D eigenvalue weighted by molar-refractivity contribution is 6.09. The van der Waals surface area contributed by atoms with E-state index in [0.29, 0.717) is 5.92 Å². The quantitative estimate of drug-likeness (QED) is 0.182. The van der Waals surface area contributed by atoms with Crippen molar-refractivity contribution < 1.29 is 13.6 Å². The summed E-state index contributed by atoms with van der Waals surface area (Å²) in [5, 5.41) is 2.40. The number of hydrogen-bond donors (Lipinski definition) is 0. The van der Waals surface area contributed by atoms with Gasteiger partial charge in [0.25, 0.3) is 0 Å². The number of hydrogen-bond acceptors (Lipinski definition) is 1. The standard InChI is InChI=1S/C43H38N2O/c1-3-29-15-19-34-35-21-16-31-18-22-37-33-20-17-32(30-11-5-4-6-12-30)28-36(33)38-13-8-10-25-45(38)43(37,2)23-26-44-24-9-7-14-39(44)41(31)42(35)46-40(34)27-29/h4-17,19-21,24-25,27-28,37H,3,18,22-23,26H2,1-2H3/q+2. The van der Waals surface area contributed by atoms with Crippen LogP contribution in [0.3, 0.4) is 0 Å². The molecule has 0 fully saturated rings. The molecule has 0 saturated carbocycles. The van der Waals surface area contributed by atoms with Crippen LogP contribution in [-0.2, 0) is 24.9 Å². The lowest BCUT2D eigenvalue weighted by atomic mass is 9.69. The van der Waals surface area contributed by atoms with Crippen molar-refractivity contribution in [2.75, 3.05) is 0 Å². The maximum atomic E-state index is 6.79. The first-order valence-corrected chi connectivity index (χ1v) is 16.8. The molecule has 3 nitrogen and oxygen atoms in total. The Balaban J connectivity index is 1.24. The van der Waals surface area contributed by atoms with E-state index >= 15 is 0 Å². The SMILES string of the molecule is CCc1ccc2c(c1)oc1c3c(ccc12)CCC1c2ccc(-c4ccccc4)cc2-c2cccc[n+]2C1(C)CC[n+]1ccccc1-3. The number of furan rings is 1. The van der Waals surface area contributed by atoms with Gasteiger partial charge in [-0.2, -0.15) is 9.13 Å². The molecule has 2 aliphatic heterocycles. The molecule has 46 heavy (non-hydrogen) atoms. The molecule has 9 rings (SSSR count). The number of benzene rings is 4. The van der Waals surface area contributed by atoms with Crippen molar-refractivity contribution in [3.63, 3.8) is 0 Å². The second-order valence-electron chi connectivity index (χ2n) is 13.4. The van der Waals surface area contributed by atoms with E-state index < -0.39 is 0 Å². The van der Waals surface area contributed by atoms with Gasteiger partial charge in [0.15, 0.2) is 24.5 Å². The molecule has 0 radical (unpaired) electrons. The molecule has 2 unspecified atom stereocenters. The average Bonchev–Trinajstić information content (AvgIpc) is 3.48. The van der Waals surface area contributed by atoms with Crippen LogP contribution < -0.4 is 9.13 Å². The van der Waals surface area contributed by atoms with E-state index in [-0.39, 0.29) is 5.54 Å². The zero-order valence-corrected chi connectivity index (χ0v) is 26.5. The fourth-order valence-electron chi connectivity index (χ4n) is 8.44. The Morgan fingerprint density at radius 1 is 0.761 bits per heavy atom. The lowest BCUT2D eigenvalue weighted by Crippen LogP contribution is -2.62. The van der Waals surface area contributed by atoms with Gasteiger partial charge in [0.05, 0.1) is 23.5 Å². The Bertz CT molecular complexity index is 2280. The third kappa shape index (κ3) is 4.11. The Kier molecular flexibility index (Phi) is 6.25. The van der Waals surface area contributed by atoms with Crippen molar-refractivity contribution in [1.82, 2.24) is 0 Å². The van der Waals surface area contributed by atoms with Gasteiger partial charge >= 0.3 is 0 Å². The van der Waals surface area contributed by atoms with Crippen LogP contribution >= 0.6 is 0 Å². The Morgan fingerprint density at radius 3 is 2.43 bits per heavy atom. The zero-order chi connectivity index (χ0) is 30.8. The van der Waals surface area contributed by atoms with E-state index in [1.807, 2.05) is 0 Å². The van der Waals surface area contributed by atoms with E-state index in [9.17, 15) is 0 Å². The first-order chi connectivity index (χ1) is 22.6. The highest BCUT2D eigenvalue weighted by Gasteiger charge is 2.50. The maximum absolute atomic E-state index is 6.79. The summed E-state index contributed by atoms with van der Waals surface area (Å²) >= 11 is 0. The van der Waals surface area contributed by atoms with Gasteiger partial charge in [0.2, 0.25) is 11.4 Å². The minimum atomic E-state index is -0.0878. The second kappa shape index (κ2) is 10.5. The lowest BCUT2D eigenvalue weighted by molar-refractivity contribution is -0.772. The average molecular weight is 599 g/mol. The number of aromatic nitrogens is 2. The number of nitrogens with zero attached hydrogens (tertiary/aromatic N) is 2. The van der Waals surface area contributed by atoms with Crippen molar-refractivity contribution in [1.29, 1.82) is 0 Å². The molecule has 2 atom stereocenters. The normalized spacial score (nSPS) is 18.7. The van der Waals surface area contributed by atoms with Gasteiger partial charge < -0.3 is 4.42 Å². The first kappa shape index (κ1) is 27.3. The van der Waals surface area contributed by atoms with Crippen molar-refractivity contribution in [2.45, 2.75) is 57.5 Å². The topological polar surface area (TPSA) is 20.9 Å². The largest absolute Gasteiger partial charge is 0.455 e. The number of pyridine rings is 2. The molecule has 3 aromatic heterocycles. The minimum absolute atomic E-state index is 0.0878. The number of rotatable bonds is 2. The summed E-state index contributed by atoms with van der Waals surface area (Å²) < 4.78 is 11.8. The summed E-state index contributed by atoms with van der Waals surface area (Å²) in [7, 11) is 0. The Hall–Kier alpha value is -5.02. The second-order valence-corrected chi connectivity index (χ2v) is 13.4. The molecular formula is C43H38N2O+2. The molecule has 5 heterocycles. The van der Waals surface area contributed by atoms with Crippen molar-refractivity contribution in [3.05, 3.63) is 144 Å². The number of fused-ring (bicyclic) bond motifs is 13. The van der Waals surface area contributed by atoms with Crippen molar-refractivity contribution in [3.8, 4) is 33.6 Å². The third-order valence-electron chi connectivity index (χ3n) is 10.9. The van der Waals surface area contributed by atoms with Crippen LogP contribution in [0.25, 0.3) is 55.6 Å². The van der Waals surface area contributed by atoms with Crippen molar-refractivity contribution >= 4 is 21.9 Å². The molecule has 0 bridgehead atoms. The summed E-state index contributed by atoms with van der Waals surface area (Å²) in [6.45, 7) is 5.61. The minimum Gasteiger partial charge on any atom is -0.455 e. The molecule has 0 spiro atoms. The maximum Gasteiger partial charge on any atom is 0.216 e. The van der Waals surface area contributed by atoms with E-state index in [4.69, 9.17) is 4.42 Å². The molecule has 0 aliphatic carbocycles. The summed E-state index contributed by atoms with van der Waals surface area (Å²) in [4.78, 5) is 0. The third-order valence-corrected chi connectivity index (χ3v) is 10.9. The van der Waals surface area contributed by atoms with Crippen molar-refractivity contribution in [2.24, 2.45) is 0 Å². The first-order valence-electron chi connectivity index (χ1n) is 16.8. The van der Waals surface area contributed by atoms with E-state index in [1.54, 1.807) is 0 Å². The van der Waals surface area contributed by atoms with Gasteiger partial charge in [-0.3, -0.25) is 0 Å². The molecule has 0 N–H and O–H groups in total. The Labute approximate surface area is 270 Å². The monoisotopic (exact) mass is 598 g/mol. The van der Waals surface area contributed by atoms with Crippen LogP contribution in [0.1, 0.15) is 49.3 Å². The van der Waals surface area contributed by atoms with Crippen LogP contribution in [-0.4, -0.2) is 0 Å². The molecule has 4 aromatic carbocycles. The van der Waals surface area contributed by atoms with Crippen LogP contribution in [0.4, 0.5) is 0 Å². The highest BCUT2D eigenvalue weighted by atomic mass is 16.3. The van der Waals surface area contributed by atoms with Gasteiger partial charge in [-0.15, -0.1) is 0 Å².